The van der Waals surface area contributed by atoms with Crippen molar-refractivity contribution < 1.29 is 13.9 Å². The first-order valence-electron chi connectivity index (χ1n) is 8.09. The maximum absolute atomic E-state index is 12.9. The van der Waals surface area contributed by atoms with E-state index in [1.807, 2.05) is 19.9 Å². The molecule has 3 aromatic rings. The Morgan fingerprint density at radius 1 is 1.16 bits per heavy atom. The van der Waals surface area contributed by atoms with Crippen molar-refractivity contribution in [3.8, 4) is 0 Å². The molecule has 0 saturated heterocycles. The average Bonchev–Trinajstić information content (AvgIpc) is 2.60. The van der Waals surface area contributed by atoms with Crippen LogP contribution in [0.4, 0.5) is 10.1 Å². The zero-order valence-corrected chi connectivity index (χ0v) is 14.1. The molecular formula is C20H19FN2O2. The highest BCUT2D eigenvalue weighted by atomic mass is 19.1. The Labute approximate surface area is 145 Å². The maximum Gasteiger partial charge on any atom is 0.338 e. The van der Waals surface area contributed by atoms with Crippen molar-refractivity contribution in [3.63, 3.8) is 0 Å². The second-order valence-corrected chi connectivity index (χ2v) is 6.13. The van der Waals surface area contributed by atoms with Gasteiger partial charge in [0.25, 0.3) is 0 Å². The van der Waals surface area contributed by atoms with Crippen molar-refractivity contribution in [2.75, 3.05) is 5.32 Å². The van der Waals surface area contributed by atoms with E-state index in [9.17, 15) is 9.18 Å². The van der Waals surface area contributed by atoms with Gasteiger partial charge in [-0.1, -0.05) is 12.1 Å². The van der Waals surface area contributed by atoms with Crippen LogP contribution in [0.15, 0.2) is 54.7 Å². The third-order valence-electron chi connectivity index (χ3n) is 3.66. The van der Waals surface area contributed by atoms with Gasteiger partial charge in [-0.05, 0) is 55.8 Å². The highest BCUT2D eigenvalue weighted by Crippen LogP contribution is 2.19. The Hall–Kier alpha value is -2.95. The van der Waals surface area contributed by atoms with Crippen LogP contribution in [0, 0.1) is 5.82 Å². The van der Waals surface area contributed by atoms with Crippen LogP contribution in [0.3, 0.4) is 0 Å². The van der Waals surface area contributed by atoms with Crippen LogP contribution in [-0.2, 0) is 11.3 Å². The highest BCUT2D eigenvalue weighted by molar-refractivity contribution is 5.95. The molecule has 0 aliphatic heterocycles. The Morgan fingerprint density at radius 2 is 1.92 bits per heavy atom. The summed E-state index contributed by atoms with van der Waals surface area (Å²) < 4.78 is 18.2. The first-order valence-corrected chi connectivity index (χ1v) is 8.09. The lowest BCUT2D eigenvalue weighted by Gasteiger charge is -2.10. The third kappa shape index (κ3) is 4.32. The number of nitrogens with zero attached hydrogens (tertiary/aromatic N) is 1. The number of esters is 1. The van der Waals surface area contributed by atoms with Gasteiger partial charge in [0, 0.05) is 11.4 Å². The van der Waals surface area contributed by atoms with E-state index in [-0.39, 0.29) is 12.4 Å². The molecule has 128 valence electrons. The number of halogens is 1. The number of hydrogen-bond acceptors (Lipinski definition) is 4. The van der Waals surface area contributed by atoms with Gasteiger partial charge in [0.05, 0.1) is 23.0 Å². The number of ether oxygens (including phenoxy) is 1. The van der Waals surface area contributed by atoms with E-state index in [0.29, 0.717) is 11.6 Å². The normalized spacial score (nSPS) is 10.9. The SMILES string of the molecule is CC(C)Nc1cnc2ccc(C(=O)OCc3ccc(F)cc3)cc2c1. The van der Waals surface area contributed by atoms with Crippen LogP contribution in [-0.4, -0.2) is 17.0 Å². The molecule has 1 aromatic heterocycles. The molecule has 0 spiro atoms. The maximum atomic E-state index is 12.9. The van der Waals surface area contributed by atoms with Gasteiger partial charge in [0.15, 0.2) is 0 Å². The molecule has 5 heteroatoms. The summed E-state index contributed by atoms with van der Waals surface area (Å²) in [5.74, 6) is -0.739. The van der Waals surface area contributed by atoms with Gasteiger partial charge in [0.2, 0.25) is 0 Å². The van der Waals surface area contributed by atoms with Gasteiger partial charge in [0.1, 0.15) is 12.4 Å². The van der Waals surface area contributed by atoms with Crippen LogP contribution in [0.1, 0.15) is 29.8 Å². The molecule has 0 saturated carbocycles. The number of aromatic nitrogens is 1. The molecule has 1 N–H and O–H groups in total. The number of rotatable bonds is 5. The van der Waals surface area contributed by atoms with E-state index < -0.39 is 5.97 Å². The summed E-state index contributed by atoms with van der Waals surface area (Å²) in [6, 6.07) is 13.4. The second kappa shape index (κ2) is 7.30. The lowest BCUT2D eigenvalue weighted by molar-refractivity contribution is 0.0473. The summed E-state index contributed by atoms with van der Waals surface area (Å²) in [6.07, 6.45) is 1.77. The summed E-state index contributed by atoms with van der Waals surface area (Å²) in [6.45, 7) is 4.20. The molecule has 0 aliphatic carbocycles. The molecule has 0 amide bonds. The molecular weight excluding hydrogens is 319 g/mol. The van der Waals surface area contributed by atoms with E-state index in [1.54, 1.807) is 36.5 Å². The van der Waals surface area contributed by atoms with E-state index in [1.165, 1.54) is 12.1 Å². The number of pyridine rings is 1. The largest absolute Gasteiger partial charge is 0.457 e. The van der Waals surface area contributed by atoms with Gasteiger partial charge in [-0.2, -0.15) is 0 Å². The Balaban J connectivity index is 1.75. The van der Waals surface area contributed by atoms with Crippen molar-refractivity contribution in [2.45, 2.75) is 26.5 Å². The number of hydrogen-bond donors (Lipinski definition) is 1. The molecule has 1 heterocycles. The van der Waals surface area contributed by atoms with E-state index >= 15 is 0 Å². The quantitative estimate of drug-likeness (QED) is 0.693. The number of benzene rings is 2. The summed E-state index contributed by atoms with van der Waals surface area (Å²) in [5.41, 5.74) is 2.91. The van der Waals surface area contributed by atoms with Crippen molar-refractivity contribution in [1.82, 2.24) is 4.98 Å². The van der Waals surface area contributed by atoms with Gasteiger partial charge < -0.3 is 10.1 Å². The summed E-state index contributed by atoms with van der Waals surface area (Å²) >= 11 is 0. The van der Waals surface area contributed by atoms with Gasteiger partial charge in [-0.3, -0.25) is 4.98 Å². The average molecular weight is 338 g/mol. The topological polar surface area (TPSA) is 51.2 Å². The molecule has 25 heavy (non-hydrogen) atoms. The third-order valence-corrected chi connectivity index (χ3v) is 3.66. The van der Waals surface area contributed by atoms with Gasteiger partial charge >= 0.3 is 5.97 Å². The van der Waals surface area contributed by atoms with Crippen molar-refractivity contribution in [2.24, 2.45) is 0 Å². The first kappa shape index (κ1) is 16.9. The number of fused-ring (bicyclic) bond motifs is 1. The fourth-order valence-corrected chi connectivity index (χ4v) is 2.48. The Kier molecular flexibility index (Phi) is 4.93. The van der Waals surface area contributed by atoms with Crippen molar-refractivity contribution in [3.05, 3.63) is 71.7 Å². The Morgan fingerprint density at radius 3 is 2.64 bits per heavy atom. The molecule has 0 aliphatic rings. The van der Waals surface area contributed by atoms with Crippen molar-refractivity contribution >= 4 is 22.6 Å². The minimum atomic E-state index is -0.423. The van der Waals surface area contributed by atoms with E-state index in [4.69, 9.17) is 4.74 Å². The molecule has 0 bridgehead atoms. The molecule has 0 fully saturated rings. The monoisotopic (exact) mass is 338 g/mol. The lowest BCUT2D eigenvalue weighted by atomic mass is 10.1. The number of carbonyl (C=O) groups is 1. The minimum Gasteiger partial charge on any atom is -0.457 e. The smallest absolute Gasteiger partial charge is 0.338 e. The van der Waals surface area contributed by atoms with Crippen LogP contribution in [0.5, 0.6) is 0 Å². The summed E-state index contributed by atoms with van der Waals surface area (Å²) in [5, 5.41) is 4.15. The van der Waals surface area contributed by atoms with E-state index in [2.05, 4.69) is 10.3 Å². The fraction of sp³-hybridized carbons (Fsp3) is 0.200. The van der Waals surface area contributed by atoms with Gasteiger partial charge in [-0.15, -0.1) is 0 Å². The molecule has 0 radical (unpaired) electrons. The molecule has 4 nitrogen and oxygen atoms in total. The molecule has 3 rings (SSSR count). The van der Waals surface area contributed by atoms with E-state index in [0.717, 1.165) is 22.2 Å². The van der Waals surface area contributed by atoms with Crippen LogP contribution in [0.2, 0.25) is 0 Å². The second-order valence-electron chi connectivity index (χ2n) is 6.13. The predicted octanol–water partition coefficient (Wildman–Crippen LogP) is 4.55. The van der Waals surface area contributed by atoms with Gasteiger partial charge in [-0.25, -0.2) is 9.18 Å². The number of anilines is 1. The molecule has 0 unspecified atom stereocenters. The van der Waals surface area contributed by atoms with Crippen LogP contribution in [0.25, 0.3) is 10.9 Å². The lowest BCUT2D eigenvalue weighted by Crippen LogP contribution is -2.09. The van der Waals surface area contributed by atoms with Crippen LogP contribution < -0.4 is 5.32 Å². The van der Waals surface area contributed by atoms with Crippen molar-refractivity contribution in [1.29, 1.82) is 0 Å². The summed E-state index contributed by atoms with van der Waals surface area (Å²) in [7, 11) is 0. The number of carbonyl (C=O) groups excluding carboxylic acids is 1. The summed E-state index contributed by atoms with van der Waals surface area (Å²) in [4.78, 5) is 16.6. The minimum absolute atomic E-state index is 0.102. The van der Waals surface area contributed by atoms with Crippen LogP contribution >= 0.6 is 0 Å². The zero-order chi connectivity index (χ0) is 17.8. The zero-order valence-electron chi connectivity index (χ0n) is 14.1. The predicted molar refractivity (Wildman–Crippen MR) is 96.0 cm³/mol. The Bertz CT molecular complexity index is 892. The molecule has 0 atom stereocenters. The standard InChI is InChI=1S/C20H19FN2O2/c1-13(2)23-18-10-16-9-15(5-8-19(16)22-11-18)20(24)25-12-14-3-6-17(21)7-4-14/h3-11,13,23H,12H2,1-2H3. The molecule has 2 aromatic carbocycles. The highest BCUT2D eigenvalue weighted by Gasteiger charge is 2.09. The fourth-order valence-electron chi connectivity index (χ4n) is 2.48. The first-order chi connectivity index (χ1) is 12.0. The number of nitrogens with one attached hydrogen (secondary N) is 1.